The normalized spacial score (nSPS) is 14.3. The van der Waals surface area contributed by atoms with Crippen molar-refractivity contribution in [3.63, 3.8) is 0 Å². The van der Waals surface area contributed by atoms with Crippen molar-refractivity contribution in [3.8, 4) is 11.5 Å². The predicted octanol–water partition coefficient (Wildman–Crippen LogP) is 2.06. The van der Waals surface area contributed by atoms with Crippen LogP contribution in [0.2, 0.25) is 0 Å². The quantitative estimate of drug-likeness (QED) is 0.473. The Morgan fingerprint density at radius 3 is 2.38 bits per heavy atom. The lowest BCUT2D eigenvalue weighted by molar-refractivity contribution is -0.147. The van der Waals surface area contributed by atoms with Gasteiger partial charge in [0.15, 0.2) is 6.61 Å². The standard InChI is InChI=1S/C23H28N2O8S/c1-2-31-19-6-8-20(9-7-19)32-13-10-23(27)33-17-22(26)24-18-4-3-5-21(16-18)34(28,29)25-11-14-30-15-12-25/h3-9,16H,2,10-15,17H2,1H3,(H,24,26). The maximum absolute atomic E-state index is 12.8. The number of morpholine rings is 1. The van der Waals surface area contributed by atoms with Crippen molar-refractivity contribution >= 4 is 27.6 Å². The molecule has 1 N–H and O–H groups in total. The van der Waals surface area contributed by atoms with Crippen LogP contribution in [-0.4, -0.2) is 70.7 Å². The molecule has 0 saturated carbocycles. The Morgan fingerprint density at radius 1 is 1.03 bits per heavy atom. The van der Waals surface area contributed by atoms with E-state index in [4.69, 9.17) is 18.9 Å². The van der Waals surface area contributed by atoms with E-state index in [0.29, 0.717) is 25.6 Å². The first-order valence-corrected chi connectivity index (χ1v) is 12.3. The summed E-state index contributed by atoms with van der Waals surface area (Å²) in [5.74, 6) is 0.136. The second kappa shape index (κ2) is 12.4. The fraction of sp³-hybridized carbons (Fsp3) is 0.391. The molecule has 1 saturated heterocycles. The number of hydrogen-bond donors (Lipinski definition) is 1. The van der Waals surface area contributed by atoms with Gasteiger partial charge in [0, 0.05) is 18.8 Å². The number of amides is 1. The van der Waals surface area contributed by atoms with E-state index < -0.39 is 28.5 Å². The number of esters is 1. The smallest absolute Gasteiger partial charge is 0.309 e. The van der Waals surface area contributed by atoms with E-state index in [2.05, 4.69) is 5.32 Å². The molecule has 10 nitrogen and oxygen atoms in total. The number of rotatable bonds is 11. The zero-order valence-corrected chi connectivity index (χ0v) is 19.7. The van der Waals surface area contributed by atoms with Crippen LogP contribution in [0.5, 0.6) is 11.5 Å². The molecule has 11 heteroatoms. The lowest BCUT2D eigenvalue weighted by Gasteiger charge is -2.26. The minimum absolute atomic E-state index is 0.0340. The second-order valence-electron chi connectivity index (χ2n) is 7.26. The van der Waals surface area contributed by atoms with E-state index in [0.717, 1.165) is 5.75 Å². The highest BCUT2D eigenvalue weighted by atomic mass is 32.2. The van der Waals surface area contributed by atoms with Gasteiger partial charge in [0.05, 0.1) is 37.7 Å². The number of ether oxygens (including phenoxy) is 4. The third-order valence-electron chi connectivity index (χ3n) is 4.80. The monoisotopic (exact) mass is 492 g/mol. The minimum Gasteiger partial charge on any atom is -0.494 e. The zero-order valence-electron chi connectivity index (χ0n) is 18.9. The third-order valence-corrected chi connectivity index (χ3v) is 6.69. The van der Waals surface area contributed by atoms with Crippen LogP contribution in [0.15, 0.2) is 53.4 Å². The van der Waals surface area contributed by atoms with Crippen molar-refractivity contribution < 1.29 is 37.0 Å². The molecule has 0 aromatic heterocycles. The van der Waals surface area contributed by atoms with E-state index in [-0.39, 0.29) is 36.7 Å². The number of sulfonamides is 1. The highest BCUT2D eigenvalue weighted by Crippen LogP contribution is 2.21. The fourth-order valence-electron chi connectivity index (χ4n) is 3.14. The molecule has 1 aliphatic rings. The summed E-state index contributed by atoms with van der Waals surface area (Å²) in [7, 11) is -3.69. The molecule has 2 aromatic rings. The van der Waals surface area contributed by atoms with Gasteiger partial charge in [0.1, 0.15) is 11.5 Å². The summed E-state index contributed by atoms with van der Waals surface area (Å²) < 4.78 is 47.9. The van der Waals surface area contributed by atoms with E-state index in [1.807, 2.05) is 6.92 Å². The van der Waals surface area contributed by atoms with Crippen LogP contribution in [0, 0.1) is 0 Å². The summed E-state index contributed by atoms with van der Waals surface area (Å²) >= 11 is 0. The van der Waals surface area contributed by atoms with E-state index >= 15 is 0 Å². The summed E-state index contributed by atoms with van der Waals surface area (Å²) in [6.45, 7) is 3.29. The molecule has 1 amide bonds. The van der Waals surface area contributed by atoms with Gasteiger partial charge in [-0.3, -0.25) is 9.59 Å². The molecule has 1 fully saturated rings. The molecular weight excluding hydrogens is 464 g/mol. The number of carbonyl (C=O) groups excluding carboxylic acids is 2. The average Bonchev–Trinajstić information content (AvgIpc) is 2.85. The molecule has 3 rings (SSSR count). The van der Waals surface area contributed by atoms with E-state index in [1.165, 1.54) is 22.5 Å². The van der Waals surface area contributed by atoms with Crippen molar-refractivity contribution in [2.24, 2.45) is 0 Å². The first-order valence-electron chi connectivity index (χ1n) is 10.9. The van der Waals surface area contributed by atoms with Crippen LogP contribution >= 0.6 is 0 Å². The molecule has 34 heavy (non-hydrogen) atoms. The molecule has 0 atom stereocenters. The van der Waals surface area contributed by atoms with Gasteiger partial charge in [0.25, 0.3) is 5.91 Å². The SMILES string of the molecule is CCOc1ccc(OCCC(=O)OCC(=O)Nc2cccc(S(=O)(=O)N3CCOCC3)c2)cc1. The topological polar surface area (TPSA) is 120 Å². The van der Waals surface area contributed by atoms with Gasteiger partial charge in [-0.25, -0.2) is 8.42 Å². The summed E-state index contributed by atoms with van der Waals surface area (Å²) in [6.07, 6.45) is -0.0340. The van der Waals surface area contributed by atoms with Crippen LogP contribution in [0.25, 0.3) is 0 Å². The number of anilines is 1. The fourth-order valence-corrected chi connectivity index (χ4v) is 4.59. The molecule has 0 radical (unpaired) electrons. The largest absolute Gasteiger partial charge is 0.494 e. The van der Waals surface area contributed by atoms with Crippen LogP contribution in [0.4, 0.5) is 5.69 Å². The van der Waals surface area contributed by atoms with Crippen LogP contribution in [0.3, 0.4) is 0 Å². The molecule has 1 aliphatic heterocycles. The number of nitrogens with zero attached hydrogens (tertiary/aromatic N) is 1. The molecule has 2 aromatic carbocycles. The van der Waals surface area contributed by atoms with Gasteiger partial charge in [0.2, 0.25) is 10.0 Å². The second-order valence-corrected chi connectivity index (χ2v) is 9.19. The first-order chi connectivity index (χ1) is 16.4. The van der Waals surface area contributed by atoms with Gasteiger partial charge in [-0.2, -0.15) is 4.31 Å². The Morgan fingerprint density at radius 2 is 1.71 bits per heavy atom. The molecule has 0 aliphatic carbocycles. The lowest BCUT2D eigenvalue weighted by Crippen LogP contribution is -2.40. The molecular formula is C23H28N2O8S. The summed E-state index contributed by atoms with van der Waals surface area (Å²) in [5.41, 5.74) is 0.286. The molecule has 0 spiro atoms. The number of benzene rings is 2. The Labute approximate surface area is 198 Å². The van der Waals surface area contributed by atoms with Crippen LogP contribution < -0.4 is 14.8 Å². The maximum Gasteiger partial charge on any atom is 0.309 e. The zero-order chi connectivity index (χ0) is 24.4. The predicted molar refractivity (Wildman–Crippen MR) is 123 cm³/mol. The van der Waals surface area contributed by atoms with Crippen LogP contribution in [0.1, 0.15) is 13.3 Å². The molecule has 1 heterocycles. The third kappa shape index (κ3) is 7.44. The summed E-state index contributed by atoms with van der Waals surface area (Å²) in [5, 5.41) is 2.54. The van der Waals surface area contributed by atoms with Crippen molar-refractivity contribution in [3.05, 3.63) is 48.5 Å². The molecule has 0 unspecified atom stereocenters. The average molecular weight is 493 g/mol. The van der Waals surface area contributed by atoms with Gasteiger partial charge < -0.3 is 24.3 Å². The number of nitrogens with one attached hydrogen (secondary N) is 1. The Kier molecular flexibility index (Phi) is 9.25. The Bertz CT molecular complexity index is 1070. The number of hydrogen-bond acceptors (Lipinski definition) is 8. The van der Waals surface area contributed by atoms with Gasteiger partial charge in [-0.05, 0) is 49.4 Å². The summed E-state index contributed by atoms with van der Waals surface area (Å²) in [6, 6.07) is 12.9. The van der Waals surface area contributed by atoms with E-state index in [9.17, 15) is 18.0 Å². The summed E-state index contributed by atoms with van der Waals surface area (Å²) in [4.78, 5) is 24.1. The highest BCUT2D eigenvalue weighted by molar-refractivity contribution is 7.89. The molecule has 0 bridgehead atoms. The van der Waals surface area contributed by atoms with Crippen molar-refractivity contribution in [2.75, 3.05) is 51.4 Å². The maximum atomic E-state index is 12.8. The van der Waals surface area contributed by atoms with Crippen molar-refractivity contribution in [1.82, 2.24) is 4.31 Å². The Hall–Kier alpha value is -3.15. The van der Waals surface area contributed by atoms with Gasteiger partial charge in [-0.1, -0.05) is 6.07 Å². The lowest BCUT2D eigenvalue weighted by atomic mass is 10.3. The van der Waals surface area contributed by atoms with Gasteiger partial charge >= 0.3 is 5.97 Å². The van der Waals surface area contributed by atoms with E-state index in [1.54, 1.807) is 30.3 Å². The Balaban J connectivity index is 1.42. The van der Waals surface area contributed by atoms with Crippen molar-refractivity contribution in [1.29, 1.82) is 0 Å². The van der Waals surface area contributed by atoms with Crippen molar-refractivity contribution in [2.45, 2.75) is 18.2 Å². The first kappa shape index (κ1) is 25.5. The van der Waals surface area contributed by atoms with Crippen LogP contribution in [-0.2, 0) is 29.1 Å². The van der Waals surface area contributed by atoms with Gasteiger partial charge in [-0.15, -0.1) is 0 Å². The molecule has 184 valence electrons. The number of carbonyl (C=O) groups is 2. The highest BCUT2D eigenvalue weighted by Gasteiger charge is 2.26. The minimum atomic E-state index is -3.69.